The smallest absolute Gasteiger partial charge is 0.123 e. The number of hydrogen-bond acceptors (Lipinski definition) is 1. The Morgan fingerprint density at radius 2 is 1.95 bits per heavy atom. The molecule has 1 aromatic heterocycles. The van der Waals surface area contributed by atoms with E-state index in [1.165, 1.54) is 24.1 Å². The second kappa shape index (κ2) is 7.92. The molecule has 0 aliphatic heterocycles. The molecule has 0 aliphatic rings. The number of nitrogens with zero attached hydrogens (tertiary/aromatic N) is 2. The minimum absolute atomic E-state index is 0.206. The van der Waals surface area contributed by atoms with Crippen LogP contribution in [0.15, 0.2) is 48.4 Å². The van der Waals surface area contributed by atoms with E-state index < -0.39 is 0 Å². The number of rotatable bonds is 7. The summed E-state index contributed by atoms with van der Waals surface area (Å²) in [6.45, 7) is 7.53. The molecule has 1 unspecified atom stereocenters. The minimum Gasteiger partial charge on any atom is -0.331 e. The first-order valence-corrected chi connectivity index (χ1v) is 7.95. The minimum atomic E-state index is -0.206. The molecule has 2 rings (SSSR count). The summed E-state index contributed by atoms with van der Waals surface area (Å²) in [7, 11) is 0. The summed E-state index contributed by atoms with van der Waals surface area (Å²) in [5, 5.41) is 0. The van der Waals surface area contributed by atoms with E-state index in [-0.39, 0.29) is 5.82 Å². The Morgan fingerprint density at radius 1 is 1.23 bits per heavy atom. The van der Waals surface area contributed by atoms with Gasteiger partial charge < -0.3 is 4.57 Å². The van der Waals surface area contributed by atoms with E-state index >= 15 is 0 Å². The quantitative estimate of drug-likeness (QED) is 0.621. The number of imidazole rings is 1. The maximum Gasteiger partial charge on any atom is 0.123 e. The van der Waals surface area contributed by atoms with Gasteiger partial charge in [0.25, 0.3) is 0 Å². The van der Waals surface area contributed by atoms with Gasteiger partial charge in [0.1, 0.15) is 5.82 Å². The number of aryl methyl sites for hydroxylation is 1. The molecule has 118 valence electrons. The van der Waals surface area contributed by atoms with Gasteiger partial charge in [0.2, 0.25) is 0 Å². The van der Waals surface area contributed by atoms with Gasteiger partial charge >= 0.3 is 0 Å². The van der Waals surface area contributed by atoms with Crippen LogP contribution in [0.5, 0.6) is 0 Å². The fraction of sp³-hybridized carbons (Fsp3) is 0.421. The number of halogens is 1. The van der Waals surface area contributed by atoms with E-state index in [1.807, 2.05) is 12.5 Å². The molecule has 2 nitrogen and oxygen atoms in total. The van der Waals surface area contributed by atoms with Crippen molar-refractivity contribution in [2.24, 2.45) is 5.92 Å². The Bertz CT molecular complexity index is 607. The van der Waals surface area contributed by atoms with Crippen molar-refractivity contribution in [3.63, 3.8) is 0 Å². The van der Waals surface area contributed by atoms with E-state index in [0.717, 1.165) is 30.6 Å². The maximum atomic E-state index is 13.0. The zero-order valence-electron chi connectivity index (χ0n) is 13.7. The molecule has 0 bridgehead atoms. The highest BCUT2D eigenvalue weighted by molar-refractivity contribution is 5.58. The summed E-state index contributed by atoms with van der Waals surface area (Å²) in [5.74, 6) is 0.474. The summed E-state index contributed by atoms with van der Waals surface area (Å²) in [4.78, 5) is 4.24. The standard InChI is InChI=1S/C19H25FN2/c1-15(2)5-4-6-16(3)11-12-22-14-21-13-19(22)17-7-9-18(20)10-8-17/h5,7-10,13-14,16H,4,6,11-12H2,1-3H3. The van der Waals surface area contributed by atoms with Crippen molar-refractivity contribution in [2.45, 2.75) is 46.6 Å². The summed E-state index contributed by atoms with van der Waals surface area (Å²) >= 11 is 0. The van der Waals surface area contributed by atoms with Gasteiger partial charge in [-0.2, -0.15) is 0 Å². The van der Waals surface area contributed by atoms with Crippen molar-refractivity contribution in [1.29, 1.82) is 0 Å². The first-order chi connectivity index (χ1) is 10.6. The Hall–Kier alpha value is -1.90. The number of aromatic nitrogens is 2. The molecule has 0 aliphatic carbocycles. The van der Waals surface area contributed by atoms with Crippen LogP contribution in [0.1, 0.15) is 40.0 Å². The zero-order chi connectivity index (χ0) is 15.9. The van der Waals surface area contributed by atoms with Crippen LogP contribution in [-0.2, 0) is 6.54 Å². The van der Waals surface area contributed by atoms with Gasteiger partial charge in [0, 0.05) is 6.54 Å². The van der Waals surface area contributed by atoms with E-state index in [0.29, 0.717) is 5.92 Å². The number of hydrogen-bond donors (Lipinski definition) is 0. The predicted octanol–water partition coefficient (Wildman–Crippen LogP) is 5.46. The molecular weight excluding hydrogens is 275 g/mol. The third kappa shape index (κ3) is 4.83. The fourth-order valence-electron chi connectivity index (χ4n) is 2.52. The average molecular weight is 300 g/mol. The highest BCUT2D eigenvalue weighted by atomic mass is 19.1. The molecule has 0 amide bonds. The second-order valence-electron chi connectivity index (χ2n) is 6.23. The van der Waals surface area contributed by atoms with Crippen molar-refractivity contribution in [3.05, 3.63) is 54.3 Å². The number of benzene rings is 1. The summed E-state index contributed by atoms with van der Waals surface area (Å²) in [6, 6.07) is 6.60. The van der Waals surface area contributed by atoms with Crippen molar-refractivity contribution in [2.75, 3.05) is 0 Å². The fourth-order valence-corrected chi connectivity index (χ4v) is 2.52. The first-order valence-electron chi connectivity index (χ1n) is 7.95. The SMILES string of the molecule is CC(C)=CCCC(C)CCn1cncc1-c1ccc(F)cc1. The predicted molar refractivity (Wildman–Crippen MR) is 90.1 cm³/mol. The molecule has 3 heteroatoms. The lowest BCUT2D eigenvalue weighted by Gasteiger charge is -2.13. The van der Waals surface area contributed by atoms with E-state index in [2.05, 4.69) is 36.4 Å². The zero-order valence-corrected chi connectivity index (χ0v) is 13.7. The van der Waals surface area contributed by atoms with Crippen LogP contribution in [0.3, 0.4) is 0 Å². The van der Waals surface area contributed by atoms with Gasteiger partial charge in [-0.25, -0.2) is 9.37 Å². The van der Waals surface area contributed by atoms with Gasteiger partial charge in [-0.05, 0) is 68.9 Å². The second-order valence-corrected chi connectivity index (χ2v) is 6.23. The molecular formula is C19H25FN2. The van der Waals surface area contributed by atoms with Crippen LogP contribution in [0, 0.1) is 11.7 Å². The Kier molecular flexibility index (Phi) is 5.93. The molecule has 1 aromatic carbocycles. The Labute approximate surface area is 132 Å². The first kappa shape index (κ1) is 16.5. The molecule has 0 saturated carbocycles. The van der Waals surface area contributed by atoms with Crippen LogP contribution in [0.25, 0.3) is 11.3 Å². The van der Waals surface area contributed by atoms with Crippen LogP contribution >= 0.6 is 0 Å². The highest BCUT2D eigenvalue weighted by Crippen LogP contribution is 2.21. The van der Waals surface area contributed by atoms with Crippen LogP contribution < -0.4 is 0 Å². The monoisotopic (exact) mass is 300 g/mol. The lowest BCUT2D eigenvalue weighted by Crippen LogP contribution is -2.04. The van der Waals surface area contributed by atoms with Gasteiger partial charge in [-0.1, -0.05) is 18.6 Å². The molecule has 1 heterocycles. The van der Waals surface area contributed by atoms with Crippen LogP contribution in [0.2, 0.25) is 0 Å². The highest BCUT2D eigenvalue weighted by Gasteiger charge is 2.07. The molecule has 0 radical (unpaired) electrons. The normalized spacial score (nSPS) is 12.2. The van der Waals surface area contributed by atoms with Crippen molar-refractivity contribution < 1.29 is 4.39 Å². The van der Waals surface area contributed by atoms with Gasteiger partial charge in [-0.15, -0.1) is 0 Å². The third-order valence-corrected chi connectivity index (χ3v) is 3.93. The van der Waals surface area contributed by atoms with E-state index in [4.69, 9.17) is 0 Å². The van der Waals surface area contributed by atoms with Crippen LogP contribution in [-0.4, -0.2) is 9.55 Å². The molecule has 0 fully saturated rings. The van der Waals surface area contributed by atoms with Gasteiger partial charge in [-0.3, -0.25) is 0 Å². The average Bonchev–Trinajstić information content (AvgIpc) is 2.94. The molecule has 1 atom stereocenters. The third-order valence-electron chi connectivity index (χ3n) is 3.93. The largest absolute Gasteiger partial charge is 0.331 e. The van der Waals surface area contributed by atoms with Crippen molar-refractivity contribution in [1.82, 2.24) is 9.55 Å². The molecule has 0 N–H and O–H groups in total. The number of allylic oxidation sites excluding steroid dienone is 2. The van der Waals surface area contributed by atoms with Gasteiger partial charge in [0.05, 0.1) is 18.2 Å². The lowest BCUT2D eigenvalue weighted by molar-refractivity contribution is 0.456. The van der Waals surface area contributed by atoms with Crippen molar-refractivity contribution in [3.8, 4) is 11.3 Å². The summed E-state index contributed by atoms with van der Waals surface area (Å²) in [6.07, 6.45) is 9.51. The topological polar surface area (TPSA) is 17.8 Å². The van der Waals surface area contributed by atoms with Crippen molar-refractivity contribution >= 4 is 0 Å². The molecule has 0 saturated heterocycles. The summed E-state index contributed by atoms with van der Waals surface area (Å²) in [5.41, 5.74) is 3.45. The van der Waals surface area contributed by atoms with E-state index in [1.54, 1.807) is 12.1 Å². The van der Waals surface area contributed by atoms with Crippen LogP contribution in [0.4, 0.5) is 4.39 Å². The summed E-state index contributed by atoms with van der Waals surface area (Å²) < 4.78 is 15.2. The molecule has 0 spiro atoms. The van der Waals surface area contributed by atoms with E-state index in [9.17, 15) is 4.39 Å². The maximum absolute atomic E-state index is 13.0. The molecule has 22 heavy (non-hydrogen) atoms. The lowest BCUT2D eigenvalue weighted by atomic mass is 10.0. The van der Waals surface area contributed by atoms with Gasteiger partial charge in [0.15, 0.2) is 0 Å². The Balaban J connectivity index is 1.93. The Morgan fingerprint density at radius 3 is 2.64 bits per heavy atom. The molecule has 2 aromatic rings.